The van der Waals surface area contributed by atoms with E-state index in [1.165, 1.54) is 24.3 Å². The summed E-state index contributed by atoms with van der Waals surface area (Å²) in [5.74, 6) is -3.11. The molecule has 0 spiro atoms. The van der Waals surface area contributed by atoms with Gasteiger partial charge in [0.1, 0.15) is 17.0 Å². The monoisotopic (exact) mass is 652 g/mol. The number of nitrogens with zero attached hydrogens (tertiary/aromatic N) is 2. The summed E-state index contributed by atoms with van der Waals surface area (Å²) >= 11 is 12.3. The highest BCUT2D eigenvalue weighted by Gasteiger charge is 2.61. The van der Waals surface area contributed by atoms with Gasteiger partial charge in [0.2, 0.25) is 5.91 Å². The molecule has 0 bridgehead atoms. The van der Waals surface area contributed by atoms with Crippen LogP contribution in [0.2, 0.25) is 10.0 Å². The summed E-state index contributed by atoms with van der Waals surface area (Å²) in [5.41, 5.74) is -1.35. The van der Waals surface area contributed by atoms with Gasteiger partial charge in [-0.1, -0.05) is 80.4 Å². The SMILES string of the molecule is CC(C)(C)CC1NC(C(=O)NC2CCN(C(=O)c3ccccc3)CC2)C(c2cccc(Cl)c2F)C1(C#N)c1ccc(Cl)cc1F. The van der Waals surface area contributed by atoms with Crippen molar-refractivity contribution in [3.05, 3.63) is 105 Å². The fourth-order valence-corrected chi connectivity index (χ4v) is 7.18. The lowest BCUT2D eigenvalue weighted by atomic mass is 9.62. The molecular formula is C35H36Cl2F2N4O2. The third-order valence-corrected chi connectivity index (χ3v) is 9.41. The number of nitriles is 1. The number of likely N-dealkylation sites (tertiary alicyclic amines) is 1. The summed E-state index contributed by atoms with van der Waals surface area (Å²) in [6, 6.07) is 17.9. The van der Waals surface area contributed by atoms with E-state index < -0.39 is 41.0 Å². The van der Waals surface area contributed by atoms with E-state index in [1.54, 1.807) is 23.1 Å². The van der Waals surface area contributed by atoms with E-state index >= 15 is 8.78 Å². The quantitative estimate of drug-likeness (QED) is 0.300. The molecule has 45 heavy (non-hydrogen) atoms. The predicted octanol–water partition coefficient (Wildman–Crippen LogP) is 7.01. The average molecular weight is 654 g/mol. The van der Waals surface area contributed by atoms with E-state index in [0.29, 0.717) is 37.9 Å². The van der Waals surface area contributed by atoms with Gasteiger partial charge in [0.15, 0.2) is 0 Å². The molecule has 5 rings (SSSR count). The van der Waals surface area contributed by atoms with Gasteiger partial charge in [-0.2, -0.15) is 5.26 Å². The van der Waals surface area contributed by atoms with Gasteiger partial charge in [-0.25, -0.2) is 8.78 Å². The maximum absolute atomic E-state index is 15.9. The maximum Gasteiger partial charge on any atom is 0.253 e. The Hall–Kier alpha value is -3.51. The molecule has 10 heteroatoms. The second kappa shape index (κ2) is 13.1. The minimum Gasteiger partial charge on any atom is -0.352 e. The summed E-state index contributed by atoms with van der Waals surface area (Å²) < 4.78 is 31.7. The smallest absolute Gasteiger partial charge is 0.253 e. The number of benzene rings is 3. The molecule has 2 heterocycles. The van der Waals surface area contributed by atoms with Crippen molar-refractivity contribution in [2.45, 2.75) is 69.5 Å². The predicted molar refractivity (Wildman–Crippen MR) is 171 cm³/mol. The maximum atomic E-state index is 15.9. The Labute approximate surface area is 272 Å². The van der Waals surface area contributed by atoms with Crippen LogP contribution in [0, 0.1) is 28.4 Å². The first-order valence-corrected chi connectivity index (χ1v) is 15.8. The fraction of sp³-hybridized carbons (Fsp3) is 0.400. The molecule has 0 saturated carbocycles. The molecule has 236 valence electrons. The highest BCUT2D eigenvalue weighted by Crippen LogP contribution is 2.52. The van der Waals surface area contributed by atoms with E-state index in [-0.39, 0.29) is 38.5 Å². The summed E-state index contributed by atoms with van der Waals surface area (Å²) in [4.78, 5) is 28.9. The van der Waals surface area contributed by atoms with Crippen molar-refractivity contribution in [2.75, 3.05) is 13.1 Å². The second-order valence-corrected chi connectivity index (χ2v) is 14.0. The van der Waals surface area contributed by atoms with Crippen LogP contribution in [0.4, 0.5) is 8.78 Å². The molecule has 2 amide bonds. The standard InChI is InChI=1S/C35H36Cl2F2N4O2/c1-34(2,3)19-28-35(20-40,25-13-12-22(36)18-27(25)38)29(24-10-7-11-26(37)30(24)39)31(42-28)32(44)41-23-14-16-43(17-15-23)33(45)21-8-5-4-6-9-21/h4-13,18,23,28-29,31,42H,14-17,19H2,1-3H3,(H,41,44). The lowest BCUT2D eigenvalue weighted by Crippen LogP contribution is -2.52. The van der Waals surface area contributed by atoms with Gasteiger partial charge in [-0.3, -0.25) is 9.59 Å². The largest absolute Gasteiger partial charge is 0.352 e. The summed E-state index contributed by atoms with van der Waals surface area (Å²) in [5, 5.41) is 17.4. The van der Waals surface area contributed by atoms with Gasteiger partial charge in [0, 0.05) is 47.2 Å². The van der Waals surface area contributed by atoms with Crippen molar-refractivity contribution in [2.24, 2.45) is 5.41 Å². The van der Waals surface area contributed by atoms with Crippen molar-refractivity contribution in [3.63, 3.8) is 0 Å². The Balaban J connectivity index is 1.50. The number of hydrogen-bond donors (Lipinski definition) is 2. The molecular weight excluding hydrogens is 617 g/mol. The Morgan fingerprint density at radius 2 is 1.73 bits per heavy atom. The first-order valence-electron chi connectivity index (χ1n) is 15.1. The summed E-state index contributed by atoms with van der Waals surface area (Å²) in [6.07, 6.45) is 1.42. The number of halogens is 4. The van der Waals surface area contributed by atoms with Crippen LogP contribution in [0.3, 0.4) is 0 Å². The zero-order valence-corrected chi connectivity index (χ0v) is 26.9. The average Bonchev–Trinajstić information content (AvgIpc) is 3.32. The molecule has 2 N–H and O–H groups in total. The Morgan fingerprint density at radius 3 is 2.36 bits per heavy atom. The van der Waals surface area contributed by atoms with Crippen LogP contribution in [0.5, 0.6) is 0 Å². The van der Waals surface area contributed by atoms with E-state index in [1.807, 2.05) is 39.0 Å². The molecule has 2 aliphatic heterocycles. The number of nitrogens with one attached hydrogen (secondary N) is 2. The van der Waals surface area contributed by atoms with Gasteiger partial charge < -0.3 is 15.5 Å². The second-order valence-electron chi connectivity index (χ2n) is 13.1. The van der Waals surface area contributed by atoms with Gasteiger partial charge in [-0.15, -0.1) is 0 Å². The van der Waals surface area contributed by atoms with Crippen LogP contribution in [0.15, 0.2) is 66.7 Å². The highest BCUT2D eigenvalue weighted by atomic mass is 35.5. The third kappa shape index (κ3) is 6.58. The fourth-order valence-electron chi connectivity index (χ4n) is 6.84. The van der Waals surface area contributed by atoms with E-state index in [2.05, 4.69) is 16.7 Å². The number of hydrogen-bond acceptors (Lipinski definition) is 4. The summed E-state index contributed by atoms with van der Waals surface area (Å²) in [6.45, 7) is 6.87. The zero-order chi connectivity index (χ0) is 32.5. The lowest BCUT2D eigenvalue weighted by molar-refractivity contribution is -0.124. The molecule has 2 aliphatic rings. The molecule has 3 aromatic carbocycles. The van der Waals surface area contributed by atoms with Crippen LogP contribution in [0.1, 0.15) is 67.4 Å². The zero-order valence-electron chi connectivity index (χ0n) is 25.4. The molecule has 0 radical (unpaired) electrons. The van der Waals surface area contributed by atoms with Crippen LogP contribution >= 0.6 is 23.2 Å². The van der Waals surface area contributed by atoms with E-state index in [9.17, 15) is 14.9 Å². The molecule has 0 aliphatic carbocycles. The number of carbonyl (C=O) groups excluding carboxylic acids is 2. The first kappa shape index (κ1) is 32.9. The van der Waals surface area contributed by atoms with Crippen LogP contribution in [0.25, 0.3) is 0 Å². The van der Waals surface area contributed by atoms with Crippen molar-refractivity contribution in [3.8, 4) is 6.07 Å². The van der Waals surface area contributed by atoms with E-state index in [4.69, 9.17) is 23.2 Å². The number of piperidine rings is 1. The van der Waals surface area contributed by atoms with Gasteiger partial charge in [-0.05, 0) is 60.6 Å². The minimum atomic E-state index is -1.69. The molecule has 2 saturated heterocycles. The van der Waals surface area contributed by atoms with Crippen molar-refractivity contribution in [1.29, 1.82) is 5.26 Å². The van der Waals surface area contributed by atoms with Crippen LogP contribution < -0.4 is 10.6 Å². The lowest BCUT2D eigenvalue weighted by Gasteiger charge is -2.37. The highest BCUT2D eigenvalue weighted by molar-refractivity contribution is 6.31. The van der Waals surface area contributed by atoms with E-state index in [0.717, 1.165) is 6.07 Å². The van der Waals surface area contributed by atoms with Crippen molar-refractivity contribution < 1.29 is 18.4 Å². The normalized spacial score (nSPS) is 23.9. The van der Waals surface area contributed by atoms with Crippen LogP contribution in [-0.2, 0) is 10.2 Å². The molecule has 6 nitrogen and oxygen atoms in total. The number of rotatable bonds is 6. The minimum absolute atomic E-state index is 0.0311. The van der Waals surface area contributed by atoms with Crippen molar-refractivity contribution >= 4 is 35.0 Å². The van der Waals surface area contributed by atoms with Crippen molar-refractivity contribution in [1.82, 2.24) is 15.5 Å². The van der Waals surface area contributed by atoms with Crippen LogP contribution in [-0.4, -0.2) is 47.9 Å². The number of carbonyl (C=O) groups is 2. The topological polar surface area (TPSA) is 85.2 Å². The molecule has 3 aromatic rings. The van der Waals surface area contributed by atoms with Gasteiger partial charge in [0.05, 0.1) is 17.1 Å². The molecule has 0 aromatic heterocycles. The molecule has 2 fully saturated rings. The Bertz CT molecular complexity index is 1620. The molecule has 4 unspecified atom stereocenters. The first-order chi connectivity index (χ1) is 21.4. The third-order valence-electron chi connectivity index (χ3n) is 8.88. The van der Waals surface area contributed by atoms with Gasteiger partial charge >= 0.3 is 0 Å². The Morgan fingerprint density at radius 1 is 1.04 bits per heavy atom. The number of amides is 2. The summed E-state index contributed by atoms with van der Waals surface area (Å²) in [7, 11) is 0. The van der Waals surface area contributed by atoms with Gasteiger partial charge in [0.25, 0.3) is 5.91 Å². The molecule has 4 atom stereocenters. The Kier molecular flexibility index (Phi) is 9.55.